The molecule has 0 radical (unpaired) electrons. The summed E-state index contributed by atoms with van der Waals surface area (Å²) < 4.78 is 0.970. The van der Waals surface area contributed by atoms with E-state index in [-0.39, 0.29) is 42.6 Å². The SMILES string of the molecule is CC(=[N-])[C@H]1CC[C@H]2[C@@H]3CC[C@@H]4C[C@@H](O)CC[C@]4(C)[C@H]3C=C[C@]12C.C[CH-][N+](C)(C)CC1CC(=S)CN1C.[U+2]. The topological polar surface area (TPSA) is 45.8 Å². The van der Waals surface area contributed by atoms with Crippen molar-refractivity contribution in [1.82, 2.24) is 4.90 Å². The number of aliphatic hydroxyl groups excluding tert-OH is 1. The third-order valence-corrected chi connectivity index (χ3v) is 11.8. The maximum absolute atomic E-state index is 10.2. The van der Waals surface area contributed by atoms with Crippen LogP contribution in [0.3, 0.4) is 0 Å². The van der Waals surface area contributed by atoms with E-state index in [0.717, 1.165) is 55.1 Å². The summed E-state index contributed by atoms with van der Waals surface area (Å²) >= 11 is 5.24. The molecule has 4 nitrogen and oxygen atoms in total. The van der Waals surface area contributed by atoms with Gasteiger partial charge in [-0.3, -0.25) is 4.90 Å². The van der Waals surface area contributed by atoms with E-state index < -0.39 is 0 Å². The Morgan fingerprint density at radius 1 is 1.22 bits per heavy atom. The van der Waals surface area contributed by atoms with Crippen LogP contribution in [0.5, 0.6) is 0 Å². The molecule has 1 saturated heterocycles. The summed E-state index contributed by atoms with van der Waals surface area (Å²) in [5.74, 6) is 3.25. The second-order valence-electron chi connectivity index (χ2n) is 14.0. The van der Waals surface area contributed by atoms with Crippen LogP contribution >= 0.6 is 12.2 Å². The fourth-order valence-corrected chi connectivity index (χ4v) is 9.41. The van der Waals surface area contributed by atoms with Gasteiger partial charge in [-0.15, -0.1) is 13.5 Å². The smallest absolute Gasteiger partial charge is 0.811 e. The van der Waals surface area contributed by atoms with Crippen molar-refractivity contribution in [2.45, 2.75) is 91.2 Å². The van der Waals surface area contributed by atoms with Gasteiger partial charge >= 0.3 is 31.1 Å². The number of likely N-dealkylation sites (tertiary alicyclic amines) is 1. The fraction of sp³-hybridized carbons (Fsp3) is 0.839. The minimum absolute atomic E-state index is 0. The van der Waals surface area contributed by atoms with Gasteiger partial charge in [0, 0.05) is 31.9 Å². The first-order chi connectivity index (χ1) is 16.8. The molecule has 1 aliphatic heterocycles. The minimum atomic E-state index is -0.0649. The molecule has 4 aliphatic carbocycles. The van der Waals surface area contributed by atoms with Crippen molar-refractivity contribution in [1.29, 1.82) is 0 Å². The molecule has 4 fully saturated rings. The van der Waals surface area contributed by atoms with Crippen molar-refractivity contribution in [3.63, 3.8) is 0 Å². The van der Waals surface area contributed by atoms with Crippen LogP contribution in [0.15, 0.2) is 12.2 Å². The number of nitrogens with zero attached hydrogens (tertiary/aromatic N) is 3. The molecule has 1 unspecified atom stereocenters. The zero-order valence-corrected chi connectivity index (χ0v) is 29.5. The van der Waals surface area contributed by atoms with Crippen molar-refractivity contribution in [2.24, 2.45) is 40.4 Å². The third-order valence-electron chi connectivity index (χ3n) is 11.5. The normalized spacial score (nSPS) is 43.1. The average Bonchev–Trinajstić information content (AvgIpc) is 3.32. The van der Waals surface area contributed by atoms with Crippen molar-refractivity contribution < 1.29 is 40.7 Å². The standard InChI is InChI=1S/C21H32NO.C10H20N2S.U/c1-13(22)17-6-7-18-16-5-4-14-12-15(23)8-10-20(14,2)19(16)9-11-21(17,18)3;1-5-12(3,4)8-9-6-10(13)7-11(9)2;/h9,11,14-19,23H,4-8,10,12H2,1-3H3;5,9H,6-8H2,1-4H3;/q-1;;+2/t14-,15+,16+,17-,18+,19+,20+,21-;;/m1../s1. The Balaban J connectivity index is 0.000000234. The molecule has 5 aliphatic rings. The van der Waals surface area contributed by atoms with Gasteiger partial charge in [-0.25, -0.2) is 5.71 Å². The van der Waals surface area contributed by atoms with E-state index in [0.29, 0.717) is 34.9 Å². The number of aliphatic hydroxyl groups is 1. The Morgan fingerprint density at radius 2 is 1.92 bits per heavy atom. The number of hydrogen-bond donors (Lipinski definition) is 1. The fourth-order valence-electron chi connectivity index (χ4n) is 9.01. The molecule has 5 rings (SSSR count). The summed E-state index contributed by atoms with van der Waals surface area (Å²) in [5, 5.41) is 20.3. The Labute approximate surface area is 256 Å². The Bertz CT molecular complexity index is 877. The molecule has 0 spiro atoms. The molecule has 0 aromatic carbocycles. The average molecular weight is 753 g/mol. The molecule has 0 aromatic rings. The van der Waals surface area contributed by atoms with Gasteiger partial charge in [0.15, 0.2) is 0 Å². The van der Waals surface area contributed by atoms with Crippen LogP contribution in [0.25, 0.3) is 5.41 Å². The van der Waals surface area contributed by atoms with Gasteiger partial charge in [-0.05, 0) is 92.4 Å². The van der Waals surface area contributed by atoms with Gasteiger partial charge in [-0.1, -0.05) is 45.1 Å². The first kappa shape index (κ1) is 32.0. The summed E-state index contributed by atoms with van der Waals surface area (Å²) in [6, 6.07) is 0.638. The van der Waals surface area contributed by atoms with Gasteiger partial charge in [-0.2, -0.15) is 0 Å². The van der Waals surface area contributed by atoms with Gasteiger partial charge in [0.2, 0.25) is 0 Å². The second kappa shape index (κ2) is 12.1. The van der Waals surface area contributed by atoms with E-state index in [1.165, 1.54) is 30.5 Å². The number of likely N-dealkylation sites (N-methyl/N-ethyl adjacent to an activating group) is 2. The Kier molecular flexibility index (Phi) is 10.5. The number of quaternary nitrogens is 1. The molecule has 6 heteroatoms. The molecule has 1 heterocycles. The van der Waals surface area contributed by atoms with E-state index in [9.17, 15) is 10.5 Å². The molecular weight excluding hydrogens is 700 g/mol. The van der Waals surface area contributed by atoms with Gasteiger partial charge in [0.25, 0.3) is 0 Å². The van der Waals surface area contributed by atoms with E-state index >= 15 is 0 Å². The third kappa shape index (κ3) is 6.36. The number of fused-ring (bicyclic) bond motifs is 5. The summed E-state index contributed by atoms with van der Waals surface area (Å²) in [6.45, 7) is 13.3. The summed E-state index contributed by atoms with van der Waals surface area (Å²) in [5.41, 5.74) is 1.19. The minimum Gasteiger partial charge on any atom is -0.811 e. The molecule has 3 saturated carbocycles. The predicted octanol–water partition coefficient (Wildman–Crippen LogP) is 6.13. The van der Waals surface area contributed by atoms with Gasteiger partial charge < -0.3 is 15.0 Å². The molecular formula is C31H52N3OSU+. The van der Waals surface area contributed by atoms with E-state index in [4.69, 9.17) is 12.2 Å². The van der Waals surface area contributed by atoms with Crippen molar-refractivity contribution in [2.75, 3.05) is 34.2 Å². The first-order valence-corrected chi connectivity index (χ1v) is 15.0. The number of thiocarbonyl (C=S) groups is 1. The second-order valence-corrected chi connectivity index (χ2v) is 14.6. The van der Waals surface area contributed by atoms with Crippen molar-refractivity contribution in [3.8, 4) is 0 Å². The largest absolute Gasteiger partial charge is 2.00 e. The number of allylic oxidation sites excluding steroid dienone is 2. The summed E-state index contributed by atoms with van der Waals surface area (Å²) in [4.78, 5) is 3.58. The molecule has 0 amide bonds. The number of hydrogen-bond acceptors (Lipinski definition) is 3. The number of rotatable bonds is 4. The molecule has 37 heavy (non-hydrogen) atoms. The monoisotopic (exact) mass is 752 g/mol. The van der Waals surface area contributed by atoms with Crippen LogP contribution in [-0.4, -0.2) is 71.4 Å². The molecule has 0 bridgehead atoms. The first-order valence-electron chi connectivity index (χ1n) is 14.6. The maximum Gasteiger partial charge on any atom is 2.00 e. The zero-order chi connectivity index (χ0) is 26.5. The zero-order valence-electron chi connectivity index (χ0n) is 24.5. The quantitative estimate of drug-likeness (QED) is 0.124. The van der Waals surface area contributed by atoms with E-state index in [1.54, 1.807) is 0 Å². The van der Waals surface area contributed by atoms with Gasteiger partial charge in [0.05, 0.1) is 18.7 Å². The Morgan fingerprint density at radius 3 is 2.51 bits per heavy atom. The van der Waals surface area contributed by atoms with Crippen LogP contribution in [0.2, 0.25) is 0 Å². The van der Waals surface area contributed by atoms with Gasteiger partial charge in [0.1, 0.15) is 0 Å². The van der Waals surface area contributed by atoms with Crippen molar-refractivity contribution in [3.05, 3.63) is 24.1 Å². The van der Waals surface area contributed by atoms with Crippen molar-refractivity contribution >= 4 is 22.8 Å². The predicted molar refractivity (Wildman–Crippen MR) is 156 cm³/mol. The van der Waals surface area contributed by atoms with Crippen LogP contribution in [-0.2, 0) is 0 Å². The maximum atomic E-state index is 10.2. The van der Waals surface area contributed by atoms with Crippen LogP contribution < -0.4 is 0 Å². The Hall–Kier alpha value is 0.432. The molecule has 9 atom stereocenters. The summed E-state index contributed by atoms with van der Waals surface area (Å²) in [7, 11) is 6.63. The van der Waals surface area contributed by atoms with E-state index in [2.05, 4.69) is 65.5 Å². The molecule has 0 aromatic heterocycles. The molecule has 1 N–H and O–H groups in total. The van der Waals surface area contributed by atoms with E-state index in [1.807, 2.05) is 6.92 Å². The van der Waals surface area contributed by atoms with Crippen LogP contribution in [0.4, 0.5) is 0 Å². The van der Waals surface area contributed by atoms with Crippen LogP contribution in [0.1, 0.15) is 79.1 Å². The van der Waals surface area contributed by atoms with Crippen LogP contribution in [0, 0.1) is 78.1 Å². The summed E-state index contributed by atoms with van der Waals surface area (Å²) in [6.07, 6.45) is 14.3. The molecule has 206 valence electrons.